The second-order valence-corrected chi connectivity index (χ2v) is 16.0. The van der Waals surface area contributed by atoms with Crippen LogP contribution in [0.1, 0.15) is 85.1 Å². The maximum absolute atomic E-state index is 12.6. The SMILES string of the molecule is C.C.C.C.CC1(C)OCC(C2OC(C)(C)OC2CNC(=O)OCCOCC(COC(=O)Oc2ccc([N+](=O)[O-])cc2)OCCOC(=O)NCC2OC(C)(C)OC2C2COC(C)(C)O2)O1. The molecule has 4 aliphatic rings. The van der Waals surface area contributed by atoms with Crippen molar-refractivity contribution in [1.29, 1.82) is 0 Å². The van der Waals surface area contributed by atoms with Gasteiger partial charge in [0, 0.05) is 25.2 Å². The molecule has 64 heavy (non-hydrogen) atoms. The van der Waals surface area contributed by atoms with Crippen LogP contribution in [0.4, 0.5) is 20.1 Å². The number of alkyl carbamates (subject to hydrolysis) is 2. The summed E-state index contributed by atoms with van der Waals surface area (Å²) in [6.45, 7) is 14.1. The van der Waals surface area contributed by atoms with Gasteiger partial charge in [0.2, 0.25) is 0 Å². The Balaban J connectivity index is 0.00000512. The van der Waals surface area contributed by atoms with Crippen LogP contribution in [0.25, 0.3) is 0 Å². The van der Waals surface area contributed by atoms with Gasteiger partial charge in [-0.05, 0) is 67.5 Å². The van der Waals surface area contributed by atoms with Gasteiger partial charge in [-0.3, -0.25) is 10.1 Å². The number of rotatable bonds is 19. The molecule has 2 amide bonds. The summed E-state index contributed by atoms with van der Waals surface area (Å²) in [4.78, 5) is 47.8. The zero-order chi connectivity index (χ0) is 43.7. The van der Waals surface area contributed by atoms with Gasteiger partial charge in [0.15, 0.2) is 23.1 Å². The highest BCUT2D eigenvalue weighted by Crippen LogP contribution is 2.36. The summed E-state index contributed by atoms with van der Waals surface area (Å²) in [5, 5.41) is 16.3. The van der Waals surface area contributed by atoms with Gasteiger partial charge < -0.3 is 76.9 Å². The minimum atomic E-state index is -1.11. The zero-order valence-electron chi connectivity index (χ0n) is 35.1. The predicted molar refractivity (Wildman–Crippen MR) is 229 cm³/mol. The van der Waals surface area contributed by atoms with Crippen LogP contribution < -0.4 is 15.4 Å². The molecule has 2 N–H and O–H groups in total. The van der Waals surface area contributed by atoms with E-state index < -0.39 is 83.0 Å². The highest BCUT2D eigenvalue weighted by molar-refractivity contribution is 5.67. The van der Waals surface area contributed by atoms with Gasteiger partial charge in [-0.15, -0.1) is 0 Å². The summed E-state index contributed by atoms with van der Waals surface area (Å²) in [7, 11) is 0. The minimum absolute atomic E-state index is 0. The number of non-ortho nitro benzene ring substituents is 1. The molecule has 0 saturated carbocycles. The summed E-state index contributed by atoms with van der Waals surface area (Å²) in [5.41, 5.74) is -0.185. The molecular weight excluding hydrogens is 850 g/mol. The van der Waals surface area contributed by atoms with E-state index >= 15 is 0 Å². The molecule has 22 heteroatoms. The lowest BCUT2D eigenvalue weighted by Crippen LogP contribution is -2.44. The van der Waals surface area contributed by atoms with Crippen molar-refractivity contribution in [3.05, 3.63) is 34.4 Å². The number of carbonyl (C=O) groups excluding carboxylic acids is 3. The fourth-order valence-corrected chi connectivity index (χ4v) is 6.72. The molecule has 4 heterocycles. The number of hydrogen-bond donors (Lipinski definition) is 2. The molecule has 1 aromatic carbocycles. The van der Waals surface area contributed by atoms with Gasteiger partial charge in [0.1, 0.15) is 68.3 Å². The van der Waals surface area contributed by atoms with Crippen LogP contribution in [0.15, 0.2) is 24.3 Å². The van der Waals surface area contributed by atoms with Crippen molar-refractivity contribution in [2.75, 3.05) is 65.9 Å². The number of nitro benzene ring substituents is 1. The van der Waals surface area contributed by atoms with Crippen LogP contribution in [-0.2, 0) is 61.6 Å². The smallest absolute Gasteiger partial charge is 0.447 e. The first kappa shape index (κ1) is 58.0. The zero-order valence-corrected chi connectivity index (χ0v) is 35.1. The van der Waals surface area contributed by atoms with Gasteiger partial charge >= 0.3 is 18.3 Å². The first-order valence-electron chi connectivity index (χ1n) is 19.6. The van der Waals surface area contributed by atoms with Crippen molar-refractivity contribution in [3.8, 4) is 5.75 Å². The van der Waals surface area contributed by atoms with E-state index in [9.17, 15) is 24.5 Å². The maximum Gasteiger partial charge on any atom is 0.513 e. The third-order valence-corrected chi connectivity index (χ3v) is 9.20. The van der Waals surface area contributed by atoms with E-state index in [4.69, 9.17) is 66.3 Å². The van der Waals surface area contributed by atoms with E-state index in [2.05, 4.69) is 10.6 Å². The van der Waals surface area contributed by atoms with Gasteiger partial charge in [-0.1, -0.05) is 29.7 Å². The molecule has 0 bridgehead atoms. The molecular formula is C42H73N3O19. The Labute approximate surface area is 376 Å². The van der Waals surface area contributed by atoms with Crippen LogP contribution in [0.5, 0.6) is 5.75 Å². The Morgan fingerprint density at radius 3 is 1.56 bits per heavy atom. The van der Waals surface area contributed by atoms with E-state index in [0.29, 0.717) is 13.2 Å². The molecule has 7 atom stereocenters. The topological polar surface area (TPSA) is 248 Å². The third kappa shape index (κ3) is 18.1. The number of carbonyl (C=O) groups is 3. The summed E-state index contributed by atoms with van der Waals surface area (Å²) in [6.07, 6.45) is -6.29. The van der Waals surface area contributed by atoms with Crippen LogP contribution >= 0.6 is 0 Å². The van der Waals surface area contributed by atoms with E-state index in [1.165, 1.54) is 24.3 Å². The molecule has 22 nitrogen and oxygen atoms in total. The molecule has 4 fully saturated rings. The fraction of sp³-hybridized carbons (Fsp3) is 0.786. The van der Waals surface area contributed by atoms with E-state index in [0.717, 1.165) is 0 Å². The normalized spacial score (nSPS) is 26.1. The largest absolute Gasteiger partial charge is 0.513 e. The number of nitro groups is 1. The number of hydrogen-bond acceptors (Lipinski definition) is 19. The molecule has 4 saturated heterocycles. The Morgan fingerprint density at radius 2 is 1.12 bits per heavy atom. The average molecular weight is 924 g/mol. The average Bonchev–Trinajstić information content (AvgIpc) is 3.90. The molecule has 4 aliphatic heterocycles. The van der Waals surface area contributed by atoms with E-state index in [1.54, 1.807) is 55.4 Å². The lowest BCUT2D eigenvalue weighted by Gasteiger charge is -2.24. The van der Waals surface area contributed by atoms with Crippen molar-refractivity contribution in [2.24, 2.45) is 0 Å². The van der Waals surface area contributed by atoms with Crippen molar-refractivity contribution in [2.45, 2.75) is 151 Å². The Kier molecular flexibility index (Phi) is 22.7. The summed E-state index contributed by atoms with van der Waals surface area (Å²) < 4.78 is 79.5. The minimum Gasteiger partial charge on any atom is -0.447 e. The Bertz CT molecular complexity index is 1610. The molecule has 0 radical (unpaired) electrons. The lowest BCUT2D eigenvalue weighted by atomic mass is 10.1. The van der Waals surface area contributed by atoms with Crippen molar-refractivity contribution >= 4 is 24.0 Å². The van der Waals surface area contributed by atoms with Crippen molar-refractivity contribution in [3.63, 3.8) is 0 Å². The number of benzene rings is 1. The van der Waals surface area contributed by atoms with Crippen LogP contribution in [0, 0.1) is 10.1 Å². The monoisotopic (exact) mass is 923 g/mol. The van der Waals surface area contributed by atoms with Gasteiger partial charge in [-0.2, -0.15) is 0 Å². The maximum atomic E-state index is 12.6. The van der Waals surface area contributed by atoms with Crippen LogP contribution in [-0.4, -0.2) is 155 Å². The second-order valence-electron chi connectivity index (χ2n) is 16.0. The van der Waals surface area contributed by atoms with Crippen LogP contribution in [0.3, 0.4) is 0 Å². The molecule has 5 rings (SSSR count). The van der Waals surface area contributed by atoms with Crippen molar-refractivity contribution in [1.82, 2.24) is 10.6 Å². The molecule has 7 unspecified atom stereocenters. The number of ether oxygens (including phenoxy) is 14. The first-order valence-corrected chi connectivity index (χ1v) is 19.6. The van der Waals surface area contributed by atoms with Gasteiger partial charge in [-0.25, -0.2) is 14.4 Å². The quantitative estimate of drug-likeness (QED) is 0.0412. The molecule has 0 aliphatic carbocycles. The first-order chi connectivity index (χ1) is 28.2. The number of nitrogens with zero attached hydrogens (tertiary/aromatic N) is 1. The number of amides is 2. The predicted octanol–water partition coefficient (Wildman–Crippen LogP) is 5.85. The molecule has 0 aromatic heterocycles. The highest BCUT2D eigenvalue weighted by atomic mass is 16.8. The second kappa shape index (κ2) is 25.1. The highest BCUT2D eigenvalue weighted by Gasteiger charge is 2.51. The summed E-state index contributed by atoms with van der Waals surface area (Å²) >= 11 is 0. The molecule has 370 valence electrons. The molecule has 1 aromatic rings. The van der Waals surface area contributed by atoms with Gasteiger partial charge in [0.25, 0.3) is 5.69 Å². The van der Waals surface area contributed by atoms with Crippen molar-refractivity contribution < 1.29 is 85.6 Å². The summed E-state index contributed by atoms with van der Waals surface area (Å²) in [5.74, 6) is -3.32. The summed E-state index contributed by atoms with van der Waals surface area (Å²) in [6, 6.07) is 4.83. The van der Waals surface area contributed by atoms with E-state index in [-0.39, 0.29) is 100.0 Å². The molecule has 0 spiro atoms. The lowest BCUT2D eigenvalue weighted by molar-refractivity contribution is -0.384. The Morgan fingerprint density at radius 1 is 0.656 bits per heavy atom. The number of nitrogens with one attached hydrogen (secondary N) is 2. The standard InChI is InChI=1S/C38H57N3O19.4CH4/c1-35(2)52-21-28(57-35)30-26(55-37(5,6)59-30)17-39-32(42)49-14-13-47-19-25(20-51-34(44)54-24-11-9-23(10-12-24)41(45)46)48-15-16-50-33(43)40-18-27-31(60-38(7,8)56-27)29-22-53-36(3,4)58-29;;;;/h9-12,25-31H,13-22H2,1-8H3,(H,39,42)(H,40,43);4*1H4. The fourth-order valence-electron chi connectivity index (χ4n) is 6.72. The third-order valence-electron chi connectivity index (χ3n) is 9.20. The van der Waals surface area contributed by atoms with E-state index in [1.807, 2.05) is 0 Å². The Hall–Kier alpha value is -3.97. The van der Waals surface area contributed by atoms with Crippen LogP contribution in [0.2, 0.25) is 0 Å². The van der Waals surface area contributed by atoms with Gasteiger partial charge in [0.05, 0.1) is 38.0 Å².